The molecule has 44 heavy (non-hydrogen) atoms. The van der Waals surface area contributed by atoms with Crippen LogP contribution in [0.3, 0.4) is 0 Å². The van der Waals surface area contributed by atoms with Crippen molar-refractivity contribution in [3.8, 4) is 11.4 Å². The van der Waals surface area contributed by atoms with Gasteiger partial charge in [0.2, 0.25) is 0 Å². The summed E-state index contributed by atoms with van der Waals surface area (Å²) in [5, 5.41) is 12.4. The normalized spacial score (nSPS) is 14.8. The van der Waals surface area contributed by atoms with Crippen LogP contribution >= 0.6 is 22.9 Å². The number of para-hydroxylation sites is 2. The first-order valence-corrected chi connectivity index (χ1v) is 16.2. The second-order valence-corrected chi connectivity index (χ2v) is 13.7. The Morgan fingerprint density at radius 1 is 1.07 bits per heavy atom. The number of carbonyl (C=O) groups excluding carboxylic acids is 1. The molecule has 0 saturated heterocycles. The van der Waals surface area contributed by atoms with Crippen molar-refractivity contribution >= 4 is 44.9 Å². The lowest BCUT2D eigenvalue weighted by Gasteiger charge is -2.33. The van der Waals surface area contributed by atoms with Gasteiger partial charge >= 0.3 is 0 Å². The summed E-state index contributed by atoms with van der Waals surface area (Å²) in [7, 11) is 0. The monoisotopic (exact) mass is 628 g/mol. The van der Waals surface area contributed by atoms with Crippen LogP contribution in [0.25, 0.3) is 15.9 Å². The van der Waals surface area contributed by atoms with E-state index in [1.165, 1.54) is 10.4 Å². The molecule has 1 aliphatic carbocycles. The molecule has 1 amide bonds. The van der Waals surface area contributed by atoms with E-state index in [0.29, 0.717) is 36.1 Å². The lowest BCUT2D eigenvalue weighted by Crippen LogP contribution is -2.29. The number of carbonyl (C=O) groups is 1. The van der Waals surface area contributed by atoms with Crippen LogP contribution in [0.4, 0.5) is 5.82 Å². The van der Waals surface area contributed by atoms with Gasteiger partial charge in [-0.1, -0.05) is 68.8 Å². The summed E-state index contributed by atoms with van der Waals surface area (Å²) in [4.78, 5) is 25.4. The number of thiophene rings is 1. The van der Waals surface area contributed by atoms with Gasteiger partial charge in [-0.15, -0.1) is 11.3 Å². The fourth-order valence-corrected chi connectivity index (χ4v) is 7.44. The van der Waals surface area contributed by atoms with Crippen LogP contribution in [0.1, 0.15) is 59.5 Å². The fourth-order valence-electron chi connectivity index (χ4n) is 5.76. The molecule has 3 aromatic heterocycles. The number of hydrogen-bond donors (Lipinski definition) is 2. The van der Waals surface area contributed by atoms with Crippen molar-refractivity contribution in [3.63, 3.8) is 0 Å². The van der Waals surface area contributed by atoms with E-state index in [-0.39, 0.29) is 23.1 Å². The first kappa shape index (κ1) is 30.1. The number of aromatic nitrogens is 4. The van der Waals surface area contributed by atoms with Crippen LogP contribution in [0.5, 0.6) is 5.75 Å². The highest BCUT2D eigenvalue weighted by molar-refractivity contribution is 7.19. The third kappa shape index (κ3) is 6.30. The second kappa shape index (κ2) is 12.6. The van der Waals surface area contributed by atoms with Crippen molar-refractivity contribution in [2.75, 3.05) is 18.4 Å². The minimum Gasteiger partial charge on any atom is -0.486 e. The molecule has 3 heterocycles. The first-order chi connectivity index (χ1) is 21.2. The maximum absolute atomic E-state index is 13.2. The highest BCUT2D eigenvalue weighted by Gasteiger charge is 2.32. The molecular weight excluding hydrogens is 592 g/mol. The smallest absolute Gasteiger partial charge is 0.256 e. The number of nitrogens with zero attached hydrogens (tertiary/aromatic N) is 4. The third-order valence-corrected chi connectivity index (χ3v) is 9.72. The van der Waals surface area contributed by atoms with E-state index in [4.69, 9.17) is 26.3 Å². The summed E-state index contributed by atoms with van der Waals surface area (Å²) < 4.78 is 7.58. The number of fused-ring (bicyclic) bond motifs is 3. The molecule has 1 aliphatic rings. The highest BCUT2D eigenvalue weighted by atomic mass is 35.5. The lowest BCUT2D eigenvalue weighted by atomic mass is 9.72. The van der Waals surface area contributed by atoms with E-state index < -0.39 is 0 Å². The van der Waals surface area contributed by atoms with Crippen LogP contribution in [0, 0.1) is 18.3 Å². The number of halogens is 1. The predicted octanol–water partition coefficient (Wildman–Crippen LogP) is 7.41. The molecule has 0 bridgehead atoms. The Morgan fingerprint density at radius 2 is 1.80 bits per heavy atom. The van der Waals surface area contributed by atoms with Crippen molar-refractivity contribution in [1.29, 1.82) is 0 Å². The summed E-state index contributed by atoms with van der Waals surface area (Å²) >= 11 is 8.39. The van der Waals surface area contributed by atoms with Crippen LogP contribution in [0.2, 0.25) is 5.15 Å². The lowest BCUT2D eigenvalue weighted by molar-refractivity contribution is 0.0954. The summed E-state index contributed by atoms with van der Waals surface area (Å²) in [5.74, 6) is 2.55. The molecule has 0 radical (unpaired) electrons. The minimum atomic E-state index is -0.262. The Labute approximate surface area is 266 Å². The number of benzene rings is 2. The van der Waals surface area contributed by atoms with Gasteiger partial charge in [-0.3, -0.25) is 4.79 Å². The average Bonchev–Trinajstić information content (AvgIpc) is 3.54. The number of nitrogens with one attached hydrogen (secondary N) is 2. The van der Waals surface area contributed by atoms with Gasteiger partial charge in [0, 0.05) is 18.0 Å². The van der Waals surface area contributed by atoms with E-state index in [9.17, 15) is 4.79 Å². The maximum Gasteiger partial charge on any atom is 0.256 e. The van der Waals surface area contributed by atoms with Gasteiger partial charge in [0.15, 0.2) is 5.82 Å². The maximum atomic E-state index is 13.2. The number of anilines is 1. The topological polar surface area (TPSA) is 94.0 Å². The van der Waals surface area contributed by atoms with Gasteiger partial charge in [0.05, 0.1) is 22.3 Å². The molecule has 228 valence electrons. The molecule has 0 spiro atoms. The minimum absolute atomic E-state index is 0.256. The zero-order valence-electron chi connectivity index (χ0n) is 25.5. The summed E-state index contributed by atoms with van der Waals surface area (Å²) in [6, 6.07) is 19.2. The number of amides is 1. The molecule has 2 aromatic carbocycles. The largest absolute Gasteiger partial charge is 0.486 e. The number of hydrogen-bond acceptors (Lipinski definition) is 7. The van der Waals surface area contributed by atoms with Gasteiger partial charge in [-0.2, -0.15) is 5.10 Å². The van der Waals surface area contributed by atoms with Gasteiger partial charge in [-0.05, 0) is 67.3 Å². The van der Waals surface area contributed by atoms with E-state index in [1.807, 2.05) is 60.7 Å². The number of rotatable bonds is 9. The van der Waals surface area contributed by atoms with Gasteiger partial charge in [0.25, 0.3) is 5.91 Å². The van der Waals surface area contributed by atoms with Crippen molar-refractivity contribution < 1.29 is 9.53 Å². The Kier molecular flexibility index (Phi) is 8.60. The van der Waals surface area contributed by atoms with Crippen LogP contribution in [-0.4, -0.2) is 38.7 Å². The van der Waals surface area contributed by atoms with Gasteiger partial charge in [-0.25, -0.2) is 14.6 Å². The molecule has 10 heteroatoms. The molecule has 6 rings (SSSR count). The van der Waals surface area contributed by atoms with Crippen LogP contribution < -0.4 is 15.4 Å². The standard InChI is InChI=1S/C34H37ClN6O2S/c1-21-28(30(35)41(40-21)23-11-7-5-8-12-23)32(42)37-18-17-36-31-29-25-16-15-22(34(2,3)4)19-26(25)44-33(29)39-27(38-31)20-43-24-13-9-6-10-14-24/h5-14,22H,15-20H2,1-4H3,(H,37,42)(H,36,38,39)/t22-/m0/s1. The molecule has 0 unspecified atom stereocenters. The summed E-state index contributed by atoms with van der Waals surface area (Å²) in [6.07, 6.45) is 3.21. The second-order valence-electron chi connectivity index (χ2n) is 12.3. The number of aryl methyl sites for hydroxylation is 2. The Balaban J connectivity index is 1.20. The van der Waals surface area contributed by atoms with Gasteiger partial charge < -0.3 is 15.4 Å². The van der Waals surface area contributed by atoms with Crippen molar-refractivity contribution in [3.05, 3.63) is 93.3 Å². The Hall–Kier alpha value is -3.95. The van der Waals surface area contributed by atoms with E-state index >= 15 is 0 Å². The van der Waals surface area contributed by atoms with Crippen molar-refractivity contribution in [2.45, 2.75) is 53.6 Å². The Morgan fingerprint density at radius 3 is 2.52 bits per heavy atom. The number of ether oxygens (including phenoxy) is 1. The molecule has 0 aliphatic heterocycles. The van der Waals surface area contributed by atoms with E-state index in [2.05, 4.69) is 36.5 Å². The first-order valence-electron chi connectivity index (χ1n) is 15.0. The molecule has 1 atom stereocenters. The van der Waals surface area contributed by atoms with Crippen LogP contribution in [-0.2, 0) is 19.4 Å². The molecule has 8 nitrogen and oxygen atoms in total. The zero-order valence-corrected chi connectivity index (χ0v) is 27.1. The van der Waals surface area contributed by atoms with Crippen LogP contribution in [0.15, 0.2) is 60.7 Å². The quantitative estimate of drug-likeness (QED) is 0.165. The highest BCUT2D eigenvalue weighted by Crippen LogP contribution is 2.44. The average molecular weight is 629 g/mol. The summed E-state index contributed by atoms with van der Waals surface area (Å²) in [6.45, 7) is 9.91. The molecule has 2 N–H and O–H groups in total. The van der Waals surface area contributed by atoms with Crippen molar-refractivity contribution in [1.82, 2.24) is 25.1 Å². The SMILES string of the molecule is Cc1nn(-c2ccccc2)c(Cl)c1C(=O)NCCNc1nc(COc2ccccc2)nc2sc3c(c12)CC[C@H](C(C)(C)C)C3. The van der Waals surface area contributed by atoms with E-state index in [1.54, 1.807) is 22.9 Å². The molecule has 0 fully saturated rings. The zero-order chi connectivity index (χ0) is 30.8. The predicted molar refractivity (Wildman–Crippen MR) is 177 cm³/mol. The fraction of sp³-hybridized carbons (Fsp3) is 0.353. The Bertz CT molecular complexity index is 1780. The van der Waals surface area contributed by atoms with Crippen molar-refractivity contribution in [2.24, 2.45) is 11.3 Å². The third-order valence-electron chi connectivity index (χ3n) is 8.23. The summed E-state index contributed by atoms with van der Waals surface area (Å²) in [5.41, 5.74) is 3.35. The molecular formula is C34H37ClN6O2S. The van der Waals surface area contributed by atoms with E-state index in [0.717, 1.165) is 46.7 Å². The molecule has 0 saturated carbocycles. The van der Waals surface area contributed by atoms with Gasteiger partial charge in [0.1, 0.15) is 28.2 Å². The molecule has 5 aromatic rings.